The van der Waals surface area contributed by atoms with Gasteiger partial charge in [0.2, 0.25) is 0 Å². The van der Waals surface area contributed by atoms with Crippen molar-refractivity contribution in [3.05, 3.63) is 42.1 Å². The Balaban J connectivity index is 1.29. The van der Waals surface area contributed by atoms with Crippen molar-refractivity contribution >= 4 is 28.0 Å². The van der Waals surface area contributed by atoms with Crippen LogP contribution < -0.4 is 10.5 Å². The van der Waals surface area contributed by atoms with Gasteiger partial charge in [0, 0.05) is 61.4 Å². The molecule has 2 N–H and O–H groups in total. The number of methoxy groups -OCH3 is 1. The quantitative estimate of drug-likeness (QED) is 0.379. The Bertz CT molecular complexity index is 1610. The summed E-state index contributed by atoms with van der Waals surface area (Å²) in [7, 11) is 1.68. The first-order chi connectivity index (χ1) is 19.6. The first kappa shape index (κ1) is 24.4. The number of rotatable bonds is 7. The number of carbonyl (C=O) groups is 1. The maximum Gasteiger partial charge on any atom is 0.254 e. The van der Waals surface area contributed by atoms with Crippen LogP contribution in [0.5, 0.6) is 5.75 Å². The summed E-state index contributed by atoms with van der Waals surface area (Å²) in [6.45, 7) is 3.97. The second-order valence-electron chi connectivity index (χ2n) is 12.3. The van der Waals surface area contributed by atoms with Crippen molar-refractivity contribution in [2.45, 2.75) is 57.3 Å². The molecule has 2 unspecified atom stereocenters. The van der Waals surface area contributed by atoms with Gasteiger partial charge in [0.1, 0.15) is 16.9 Å². The van der Waals surface area contributed by atoms with E-state index in [9.17, 15) is 4.79 Å². The molecule has 0 spiro atoms. The molecular weight excluding hydrogens is 504 g/mol. The van der Waals surface area contributed by atoms with Crippen molar-refractivity contribution in [2.75, 3.05) is 26.9 Å². The van der Waals surface area contributed by atoms with Crippen LogP contribution in [0.2, 0.25) is 0 Å². The third kappa shape index (κ3) is 3.85. The van der Waals surface area contributed by atoms with Crippen LogP contribution in [0.25, 0.3) is 33.6 Å². The van der Waals surface area contributed by atoms with E-state index < -0.39 is 0 Å². The van der Waals surface area contributed by atoms with Gasteiger partial charge in [-0.05, 0) is 74.3 Å². The van der Waals surface area contributed by atoms with Gasteiger partial charge >= 0.3 is 0 Å². The Hall–Kier alpha value is -3.43. The van der Waals surface area contributed by atoms with E-state index in [0.29, 0.717) is 29.1 Å². The molecule has 8 rings (SSSR count). The second-order valence-corrected chi connectivity index (χ2v) is 12.3. The molecule has 2 saturated carbocycles. The summed E-state index contributed by atoms with van der Waals surface area (Å²) in [4.78, 5) is 25.8. The van der Waals surface area contributed by atoms with Crippen molar-refractivity contribution in [1.29, 1.82) is 0 Å². The maximum atomic E-state index is 13.8. The van der Waals surface area contributed by atoms with Crippen LogP contribution in [0.15, 0.2) is 36.5 Å². The Morgan fingerprint density at radius 2 is 1.98 bits per heavy atom. The van der Waals surface area contributed by atoms with Crippen molar-refractivity contribution in [3.8, 4) is 17.3 Å². The number of nitrogens with two attached hydrogens (primary N) is 1. The smallest absolute Gasteiger partial charge is 0.254 e. The summed E-state index contributed by atoms with van der Waals surface area (Å²) in [5.74, 6) is 3.07. The molecule has 4 aromatic rings. The molecule has 5 heterocycles. The first-order valence-electron chi connectivity index (χ1n) is 14.8. The lowest BCUT2D eigenvalue weighted by atomic mass is 10.1. The lowest BCUT2D eigenvalue weighted by molar-refractivity contribution is 0.0700. The molecule has 2 aliphatic heterocycles. The summed E-state index contributed by atoms with van der Waals surface area (Å²) in [5.41, 5.74) is 10.8. The number of pyridine rings is 1. The van der Waals surface area contributed by atoms with Crippen molar-refractivity contribution in [3.63, 3.8) is 0 Å². The van der Waals surface area contributed by atoms with Gasteiger partial charge in [-0.25, -0.2) is 9.97 Å². The fraction of sp³-hybridized carbons (Fsp3) is 0.516. The average Bonchev–Trinajstić information content (AvgIpc) is 3.34. The van der Waals surface area contributed by atoms with Crippen molar-refractivity contribution in [1.82, 2.24) is 24.0 Å². The number of carbonyl (C=O) groups excluding carboxylic acids is 1. The molecule has 1 amide bonds. The highest BCUT2D eigenvalue weighted by molar-refractivity contribution is 6.00. The summed E-state index contributed by atoms with van der Waals surface area (Å²) in [5, 5.41) is 1.12. The molecule has 2 saturated heterocycles. The summed E-state index contributed by atoms with van der Waals surface area (Å²) in [6.07, 6.45) is 7.49. The third-order valence-electron chi connectivity index (χ3n) is 9.67. The minimum atomic E-state index is 0.0233. The lowest BCUT2D eigenvalue weighted by Gasteiger charge is -2.27. The largest absolute Gasteiger partial charge is 0.494 e. The minimum Gasteiger partial charge on any atom is -0.494 e. The third-order valence-corrected chi connectivity index (χ3v) is 9.67. The average molecular weight is 541 g/mol. The van der Waals surface area contributed by atoms with Gasteiger partial charge in [-0.15, -0.1) is 0 Å². The zero-order valence-corrected chi connectivity index (χ0v) is 23.0. The molecule has 9 nitrogen and oxygen atoms in total. The minimum absolute atomic E-state index is 0.0233. The summed E-state index contributed by atoms with van der Waals surface area (Å²) in [6, 6.07) is 10.4. The number of imidazole rings is 1. The van der Waals surface area contributed by atoms with Crippen molar-refractivity contribution < 1.29 is 14.3 Å². The van der Waals surface area contributed by atoms with E-state index in [1.807, 2.05) is 29.3 Å². The Morgan fingerprint density at radius 1 is 1.10 bits per heavy atom. The number of ether oxygens (including phenoxy) is 2. The topological polar surface area (TPSA) is 100 Å². The monoisotopic (exact) mass is 540 g/mol. The van der Waals surface area contributed by atoms with Gasteiger partial charge < -0.3 is 29.2 Å². The van der Waals surface area contributed by atoms with E-state index in [1.165, 1.54) is 12.8 Å². The van der Waals surface area contributed by atoms with E-state index in [0.717, 1.165) is 85.7 Å². The van der Waals surface area contributed by atoms with E-state index in [1.54, 1.807) is 7.11 Å². The molecule has 2 aliphatic carbocycles. The lowest BCUT2D eigenvalue weighted by Crippen LogP contribution is -2.41. The van der Waals surface area contributed by atoms with E-state index >= 15 is 0 Å². The zero-order chi connectivity index (χ0) is 27.0. The number of benzene rings is 1. The van der Waals surface area contributed by atoms with Gasteiger partial charge in [0.05, 0.1) is 24.9 Å². The van der Waals surface area contributed by atoms with Crippen LogP contribution >= 0.6 is 0 Å². The summed E-state index contributed by atoms with van der Waals surface area (Å²) >= 11 is 0. The molecule has 1 aromatic carbocycles. The van der Waals surface area contributed by atoms with Gasteiger partial charge in [-0.2, -0.15) is 0 Å². The van der Waals surface area contributed by atoms with E-state index in [2.05, 4.69) is 21.3 Å². The number of amides is 1. The highest BCUT2D eigenvalue weighted by Gasteiger charge is 2.47. The number of piperidine rings is 1. The fourth-order valence-electron chi connectivity index (χ4n) is 7.33. The number of nitrogens with zero attached hydrogens (tertiary/aromatic N) is 5. The first-order valence-corrected chi connectivity index (χ1v) is 14.8. The van der Waals surface area contributed by atoms with Gasteiger partial charge in [-0.3, -0.25) is 4.79 Å². The normalized spacial score (nSPS) is 26.0. The molecule has 208 valence electrons. The highest BCUT2D eigenvalue weighted by Crippen LogP contribution is 2.40. The van der Waals surface area contributed by atoms with E-state index in [4.69, 9.17) is 25.2 Å². The molecule has 0 radical (unpaired) electrons. The van der Waals surface area contributed by atoms with Crippen LogP contribution in [-0.4, -0.2) is 68.9 Å². The molecule has 4 aliphatic rings. The highest BCUT2D eigenvalue weighted by atomic mass is 16.5. The van der Waals surface area contributed by atoms with Crippen LogP contribution in [0.1, 0.15) is 42.5 Å². The SMILES string of the molecule is COc1cc(C(=O)N2CC3CCC2[C@@H]3N)cc2nc(-c3cc4cccnc4n3CC3CC3)n(C[C@H]3CCOC3)c12. The molecule has 2 bridgehead atoms. The van der Waals surface area contributed by atoms with Crippen molar-refractivity contribution in [2.24, 2.45) is 23.5 Å². The van der Waals surface area contributed by atoms with Gasteiger partial charge in [0.25, 0.3) is 5.91 Å². The van der Waals surface area contributed by atoms with E-state index in [-0.39, 0.29) is 18.0 Å². The zero-order valence-electron chi connectivity index (χ0n) is 23.0. The fourth-order valence-corrected chi connectivity index (χ4v) is 7.33. The Labute approximate surface area is 233 Å². The predicted molar refractivity (Wildman–Crippen MR) is 152 cm³/mol. The molecule has 4 fully saturated rings. The number of fused-ring (bicyclic) bond motifs is 4. The number of likely N-dealkylation sites (tertiary alicyclic amines) is 1. The van der Waals surface area contributed by atoms with Crippen LogP contribution in [0.4, 0.5) is 0 Å². The molecule has 9 heteroatoms. The van der Waals surface area contributed by atoms with Gasteiger partial charge in [-0.1, -0.05) is 0 Å². The number of hydrogen-bond donors (Lipinski definition) is 1. The maximum absolute atomic E-state index is 13.8. The molecule has 4 atom stereocenters. The molecule has 40 heavy (non-hydrogen) atoms. The number of aromatic nitrogens is 4. The Kier molecular flexibility index (Phi) is 5.67. The number of hydrogen-bond acceptors (Lipinski definition) is 6. The standard InChI is InChI=1S/C31H36N6O3/c1-39-26-13-22(31(38)36-16-21-6-7-24(36)27(21)32)11-23-28(26)37(15-19-8-10-40-17-19)30(34-23)25-12-20-3-2-9-33-29(20)35(25)14-18-4-5-18/h2-3,9,11-13,18-19,21,24,27H,4-8,10,14-17,32H2,1H3/t19-,21?,24?,27-/m1/s1. The van der Waals surface area contributed by atoms with Crippen LogP contribution in [-0.2, 0) is 17.8 Å². The molecule has 3 aromatic heterocycles. The summed E-state index contributed by atoms with van der Waals surface area (Å²) < 4.78 is 16.4. The predicted octanol–water partition coefficient (Wildman–Crippen LogP) is 4.07. The van der Waals surface area contributed by atoms with Crippen LogP contribution in [0.3, 0.4) is 0 Å². The molecular formula is C31H36N6O3. The van der Waals surface area contributed by atoms with Gasteiger partial charge in [0.15, 0.2) is 5.82 Å². The second kappa shape index (κ2) is 9.31. The Morgan fingerprint density at radius 3 is 2.70 bits per heavy atom. The van der Waals surface area contributed by atoms with Crippen LogP contribution in [0, 0.1) is 17.8 Å².